The van der Waals surface area contributed by atoms with Crippen LogP contribution in [0.5, 0.6) is 0 Å². The fourth-order valence-electron chi connectivity index (χ4n) is 8.29. The number of alkyl halides is 3. The molecule has 0 radical (unpaired) electrons. The lowest BCUT2D eigenvalue weighted by Gasteiger charge is -2.57. The molecule has 0 spiro atoms. The Morgan fingerprint density at radius 2 is 1.78 bits per heavy atom. The van der Waals surface area contributed by atoms with Gasteiger partial charge < -0.3 is 10.1 Å². The molecule has 0 bridgehead atoms. The number of esters is 1. The highest BCUT2D eigenvalue weighted by atomic mass is 19.4. The molecule has 5 rings (SSSR count). The molecular formula is C30H36F3NO3. The normalized spacial score (nSPS) is 35.7. The highest BCUT2D eigenvalue weighted by Gasteiger charge is 2.60. The molecule has 7 heteroatoms. The Hall–Kier alpha value is -2.57. The number of allylic oxidation sites excluding steroid dienone is 3. The van der Waals surface area contributed by atoms with E-state index in [4.69, 9.17) is 4.74 Å². The van der Waals surface area contributed by atoms with Crippen LogP contribution in [0.4, 0.5) is 13.2 Å². The van der Waals surface area contributed by atoms with E-state index in [9.17, 15) is 22.8 Å². The van der Waals surface area contributed by atoms with Crippen LogP contribution in [0.3, 0.4) is 0 Å². The summed E-state index contributed by atoms with van der Waals surface area (Å²) < 4.78 is 46.8. The first kappa shape index (κ1) is 26.1. The van der Waals surface area contributed by atoms with Gasteiger partial charge in [-0.3, -0.25) is 4.79 Å². The number of carbonyl (C=O) groups excluding carboxylic acids is 2. The molecule has 4 nitrogen and oxygen atoms in total. The van der Waals surface area contributed by atoms with E-state index in [0.29, 0.717) is 30.6 Å². The molecule has 1 aromatic carbocycles. The maximum absolute atomic E-state index is 13.9. The van der Waals surface area contributed by atoms with E-state index in [-0.39, 0.29) is 22.4 Å². The number of rotatable bonds is 4. The molecule has 37 heavy (non-hydrogen) atoms. The number of benzene rings is 1. The van der Waals surface area contributed by atoms with Gasteiger partial charge in [0.2, 0.25) is 5.91 Å². The zero-order valence-corrected chi connectivity index (χ0v) is 21.7. The van der Waals surface area contributed by atoms with Gasteiger partial charge in [-0.25, -0.2) is 4.79 Å². The molecule has 0 aliphatic heterocycles. The van der Waals surface area contributed by atoms with Gasteiger partial charge in [-0.15, -0.1) is 0 Å². The molecule has 1 aromatic rings. The molecule has 4 aliphatic rings. The number of nitrogens with one attached hydrogen (secondary N) is 1. The number of fused-ring (bicyclic) bond motifs is 5. The monoisotopic (exact) mass is 515 g/mol. The number of hydrogen-bond donors (Lipinski definition) is 1. The Bertz CT molecular complexity index is 1130. The average molecular weight is 516 g/mol. The van der Waals surface area contributed by atoms with Crippen molar-refractivity contribution >= 4 is 11.9 Å². The molecule has 1 unspecified atom stereocenters. The minimum Gasteiger partial charge on any atom is -0.466 e. The summed E-state index contributed by atoms with van der Waals surface area (Å²) in [4.78, 5) is 25.6. The highest BCUT2D eigenvalue weighted by Crippen LogP contribution is 2.66. The number of hydrogen-bond acceptors (Lipinski definition) is 3. The van der Waals surface area contributed by atoms with Crippen molar-refractivity contribution in [3.05, 3.63) is 59.2 Å². The lowest BCUT2D eigenvalue weighted by atomic mass is 9.48. The van der Waals surface area contributed by atoms with Crippen LogP contribution < -0.4 is 5.32 Å². The SMILES string of the molecule is COC(=O)C1=CC2=CC[C@H]3[C@@H]4CC[C@H](C(=O)NC(c5ccccc5)C(F)(F)F)[C@@]4(C)CC[C@@H]3[C@@]2(C)CC1. The van der Waals surface area contributed by atoms with Crippen LogP contribution in [-0.2, 0) is 14.3 Å². The van der Waals surface area contributed by atoms with Gasteiger partial charge in [0.05, 0.1) is 7.11 Å². The Morgan fingerprint density at radius 3 is 2.46 bits per heavy atom. The third-order valence-electron chi connectivity index (χ3n) is 10.3. The van der Waals surface area contributed by atoms with E-state index in [1.54, 1.807) is 18.2 Å². The van der Waals surface area contributed by atoms with Crippen molar-refractivity contribution in [3.63, 3.8) is 0 Å². The van der Waals surface area contributed by atoms with Gasteiger partial charge in [0.15, 0.2) is 6.04 Å². The van der Waals surface area contributed by atoms with Crippen LogP contribution in [0.15, 0.2) is 53.6 Å². The largest absolute Gasteiger partial charge is 0.466 e. The maximum Gasteiger partial charge on any atom is 0.412 e. The predicted octanol–water partition coefficient (Wildman–Crippen LogP) is 6.69. The number of ether oxygens (including phenoxy) is 1. The van der Waals surface area contributed by atoms with E-state index in [2.05, 4.69) is 25.2 Å². The van der Waals surface area contributed by atoms with E-state index in [0.717, 1.165) is 37.7 Å². The summed E-state index contributed by atoms with van der Waals surface area (Å²) in [6.45, 7) is 4.43. The first-order chi connectivity index (χ1) is 17.5. The predicted molar refractivity (Wildman–Crippen MR) is 134 cm³/mol. The van der Waals surface area contributed by atoms with Crippen molar-refractivity contribution in [3.8, 4) is 0 Å². The lowest BCUT2D eigenvalue weighted by molar-refractivity contribution is -0.166. The highest BCUT2D eigenvalue weighted by molar-refractivity contribution is 5.89. The summed E-state index contributed by atoms with van der Waals surface area (Å²) in [5, 5.41) is 2.39. The van der Waals surface area contributed by atoms with E-state index in [1.807, 2.05) is 6.08 Å². The van der Waals surface area contributed by atoms with Crippen LogP contribution in [0.2, 0.25) is 0 Å². The fraction of sp³-hybridized carbons (Fsp3) is 0.600. The minimum absolute atomic E-state index is 0.0309. The summed E-state index contributed by atoms with van der Waals surface area (Å²) in [7, 11) is 1.41. The minimum atomic E-state index is -4.57. The summed E-state index contributed by atoms with van der Waals surface area (Å²) in [6, 6.07) is 5.63. The van der Waals surface area contributed by atoms with Crippen molar-refractivity contribution in [1.29, 1.82) is 0 Å². The average Bonchev–Trinajstić information content (AvgIpc) is 3.23. The molecule has 1 N–H and O–H groups in total. The molecule has 7 atom stereocenters. The van der Waals surface area contributed by atoms with Crippen LogP contribution in [0, 0.1) is 34.5 Å². The molecule has 2 fully saturated rings. The summed E-state index contributed by atoms with van der Waals surface area (Å²) in [5.74, 6) is -0.0400. The van der Waals surface area contributed by atoms with Gasteiger partial charge in [0.1, 0.15) is 0 Å². The Kier molecular flexibility index (Phi) is 6.56. The summed E-state index contributed by atoms with van der Waals surface area (Å²) >= 11 is 0. The van der Waals surface area contributed by atoms with Crippen LogP contribution in [-0.4, -0.2) is 25.2 Å². The molecule has 0 saturated heterocycles. The molecule has 2 saturated carbocycles. The number of carbonyl (C=O) groups is 2. The first-order valence-corrected chi connectivity index (χ1v) is 13.4. The van der Waals surface area contributed by atoms with Crippen molar-refractivity contribution in [2.24, 2.45) is 34.5 Å². The lowest BCUT2D eigenvalue weighted by Crippen LogP contribution is -2.51. The summed E-state index contributed by atoms with van der Waals surface area (Å²) in [5.41, 5.74) is 1.65. The van der Waals surface area contributed by atoms with Crippen molar-refractivity contribution < 1.29 is 27.5 Å². The Morgan fingerprint density at radius 1 is 1.05 bits per heavy atom. The maximum atomic E-state index is 13.9. The van der Waals surface area contributed by atoms with Gasteiger partial charge in [-0.05, 0) is 90.7 Å². The van der Waals surface area contributed by atoms with Crippen molar-refractivity contribution in [2.45, 2.75) is 71.0 Å². The van der Waals surface area contributed by atoms with Gasteiger partial charge >= 0.3 is 12.1 Å². The van der Waals surface area contributed by atoms with Gasteiger partial charge in [0.25, 0.3) is 0 Å². The van der Waals surface area contributed by atoms with E-state index >= 15 is 0 Å². The number of halogens is 3. The molecule has 4 aliphatic carbocycles. The molecule has 0 aromatic heterocycles. The second-order valence-corrected chi connectivity index (χ2v) is 11.9. The second-order valence-electron chi connectivity index (χ2n) is 11.9. The molecule has 1 amide bonds. The number of methoxy groups -OCH3 is 1. The van der Waals surface area contributed by atoms with Gasteiger partial charge in [0, 0.05) is 11.5 Å². The quantitative estimate of drug-likeness (QED) is 0.455. The van der Waals surface area contributed by atoms with E-state index in [1.165, 1.54) is 24.8 Å². The van der Waals surface area contributed by atoms with Crippen LogP contribution in [0.1, 0.15) is 70.4 Å². The smallest absolute Gasteiger partial charge is 0.412 e. The second kappa shape index (κ2) is 9.32. The topological polar surface area (TPSA) is 55.4 Å². The Balaban J connectivity index is 1.37. The number of amides is 1. The third-order valence-corrected chi connectivity index (χ3v) is 10.3. The fourth-order valence-corrected chi connectivity index (χ4v) is 8.29. The third kappa shape index (κ3) is 4.32. The standard InChI is InChI=1S/C30H36F3NO3/c1-28-15-13-19(27(36)37-3)17-20(28)9-10-21-22-11-12-24(29(22,2)16-14-23(21)28)26(35)34-25(30(31,32)33)18-7-5-4-6-8-18/h4-9,17,21-25H,10-16H2,1-3H3,(H,34,35)/t21-,22-,23-,24+,25?,28-,29-/m0/s1. The molecular weight excluding hydrogens is 479 g/mol. The Labute approximate surface area is 216 Å². The summed E-state index contributed by atoms with van der Waals surface area (Å²) in [6.07, 6.45) is 5.42. The zero-order valence-electron chi connectivity index (χ0n) is 21.7. The van der Waals surface area contributed by atoms with Crippen molar-refractivity contribution in [2.75, 3.05) is 7.11 Å². The van der Waals surface area contributed by atoms with Crippen LogP contribution in [0.25, 0.3) is 0 Å². The van der Waals surface area contributed by atoms with Crippen molar-refractivity contribution in [1.82, 2.24) is 5.32 Å². The first-order valence-electron chi connectivity index (χ1n) is 13.4. The zero-order chi connectivity index (χ0) is 26.6. The van der Waals surface area contributed by atoms with Gasteiger partial charge in [-0.2, -0.15) is 13.2 Å². The van der Waals surface area contributed by atoms with E-state index < -0.39 is 24.0 Å². The molecule has 200 valence electrons. The van der Waals surface area contributed by atoms with Gasteiger partial charge in [-0.1, -0.05) is 50.3 Å². The van der Waals surface area contributed by atoms with Crippen LogP contribution >= 0.6 is 0 Å². The molecule has 0 heterocycles.